The van der Waals surface area contributed by atoms with Gasteiger partial charge in [0.2, 0.25) is 0 Å². The van der Waals surface area contributed by atoms with Gasteiger partial charge in [0.15, 0.2) is 0 Å². The zero-order valence-corrected chi connectivity index (χ0v) is 11.2. The summed E-state index contributed by atoms with van der Waals surface area (Å²) in [5, 5.41) is 6.26. The van der Waals surface area contributed by atoms with Crippen LogP contribution in [0.5, 0.6) is 0 Å². The Morgan fingerprint density at radius 3 is 2.50 bits per heavy atom. The van der Waals surface area contributed by atoms with Crippen molar-refractivity contribution in [3.05, 3.63) is 23.8 Å². The fourth-order valence-corrected chi connectivity index (χ4v) is 1.72. The summed E-state index contributed by atoms with van der Waals surface area (Å²) >= 11 is 0. The van der Waals surface area contributed by atoms with Crippen molar-refractivity contribution in [2.45, 2.75) is 45.2 Å². The van der Waals surface area contributed by atoms with E-state index in [-0.39, 0.29) is 11.4 Å². The first kappa shape index (κ1) is 12.7. The fourth-order valence-electron chi connectivity index (χ4n) is 1.72. The van der Waals surface area contributed by atoms with E-state index >= 15 is 0 Å². The molecule has 1 aliphatic rings. The van der Waals surface area contributed by atoms with Crippen LogP contribution in [0.3, 0.4) is 0 Å². The fraction of sp³-hybridized carbons (Fsp3) is 0.500. The van der Waals surface area contributed by atoms with Gasteiger partial charge in [-0.2, -0.15) is 0 Å². The van der Waals surface area contributed by atoms with Crippen LogP contribution in [0.25, 0.3) is 0 Å². The number of hydrogen-bond donors (Lipinski definition) is 3. The summed E-state index contributed by atoms with van der Waals surface area (Å²) in [6.45, 7) is 6.21. The predicted octanol–water partition coefficient (Wildman–Crippen LogP) is 2.37. The van der Waals surface area contributed by atoms with Gasteiger partial charge < -0.3 is 16.4 Å². The zero-order chi connectivity index (χ0) is 13.3. The van der Waals surface area contributed by atoms with E-state index in [0.717, 1.165) is 18.5 Å². The van der Waals surface area contributed by atoms with Gasteiger partial charge in [0.05, 0.1) is 11.4 Å². The molecule has 0 radical (unpaired) electrons. The molecule has 4 N–H and O–H groups in total. The number of nitrogens with one attached hydrogen (secondary N) is 2. The Morgan fingerprint density at radius 1 is 1.33 bits per heavy atom. The Balaban J connectivity index is 2.10. The molecule has 0 aliphatic heterocycles. The van der Waals surface area contributed by atoms with E-state index in [1.807, 2.05) is 12.1 Å². The molecule has 98 valence electrons. The van der Waals surface area contributed by atoms with Crippen LogP contribution in [-0.2, 0) is 0 Å². The molecular formula is C14H21N3O. The van der Waals surface area contributed by atoms with Gasteiger partial charge in [-0.15, -0.1) is 0 Å². The standard InChI is InChI=1S/C14H21N3O/c1-14(2,3)17-12-7-4-9(8-11(12)15)13(18)16-10-5-6-10/h4,7-8,10,17H,5-6,15H2,1-3H3,(H,16,18). The normalized spacial score (nSPS) is 15.3. The maximum absolute atomic E-state index is 11.9. The van der Waals surface area contributed by atoms with Crippen LogP contribution >= 0.6 is 0 Å². The Labute approximate surface area is 108 Å². The van der Waals surface area contributed by atoms with E-state index < -0.39 is 0 Å². The van der Waals surface area contributed by atoms with Crippen molar-refractivity contribution in [3.8, 4) is 0 Å². The SMILES string of the molecule is CC(C)(C)Nc1ccc(C(=O)NC2CC2)cc1N. The van der Waals surface area contributed by atoms with Crippen LogP contribution in [0.4, 0.5) is 11.4 Å². The third-order valence-electron chi connectivity index (χ3n) is 2.74. The van der Waals surface area contributed by atoms with E-state index in [0.29, 0.717) is 17.3 Å². The van der Waals surface area contributed by atoms with Crippen LogP contribution in [0.2, 0.25) is 0 Å². The minimum absolute atomic E-state index is 0.0356. The molecule has 1 amide bonds. The largest absolute Gasteiger partial charge is 0.397 e. The van der Waals surface area contributed by atoms with Crippen molar-refractivity contribution >= 4 is 17.3 Å². The molecule has 0 saturated heterocycles. The Morgan fingerprint density at radius 2 is 2.00 bits per heavy atom. The van der Waals surface area contributed by atoms with E-state index in [2.05, 4.69) is 31.4 Å². The number of rotatable bonds is 3. The molecule has 1 aromatic carbocycles. The lowest BCUT2D eigenvalue weighted by molar-refractivity contribution is 0.0951. The van der Waals surface area contributed by atoms with Crippen molar-refractivity contribution < 1.29 is 4.79 Å². The predicted molar refractivity (Wildman–Crippen MR) is 74.7 cm³/mol. The molecule has 1 aliphatic carbocycles. The Hall–Kier alpha value is -1.71. The molecule has 0 heterocycles. The van der Waals surface area contributed by atoms with Crippen molar-refractivity contribution in [1.29, 1.82) is 0 Å². The van der Waals surface area contributed by atoms with Gasteiger partial charge in [0.1, 0.15) is 0 Å². The number of benzene rings is 1. The summed E-state index contributed by atoms with van der Waals surface area (Å²) in [5.74, 6) is -0.0356. The smallest absolute Gasteiger partial charge is 0.251 e. The number of carbonyl (C=O) groups excluding carboxylic acids is 1. The molecule has 4 heteroatoms. The number of amides is 1. The minimum atomic E-state index is -0.0497. The topological polar surface area (TPSA) is 67.2 Å². The van der Waals surface area contributed by atoms with Gasteiger partial charge in [-0.05, 0) is 51.8 Å². The molecule has 1 aromatic rings. The molecule has 4 nitrogen and oxygen atoms in total. The van der Waals surface area contributed by atoms with E-state index in [1.165, 1.54) is 0 Å². The van der Waals surface area contributed by atoms with E-state index in [4.69, 9.17) is 5.73 Å². The second kappa shape index (κ2) is 4.52. The number of nitrogen functional groups attached to an aromatic ring is 1. The zero-order valence-electron chi connectivity index (χ0n) is 11.2. The Kier molecular flexibility index (Phi) is 3.20. The highest BCUT2D eigenvalue weighted by Crippen LogP contribution is 2.24. The van der Waals surface area contributed by atoms with Crippen LogP contribution in [0, 0.1) is 0 Å². The molecule has 18 heavy (non-hydrogen) atoms. The van der Waals surface area contributed by atoms with Crippen molar-refractivity contribution in [3.63, 3.8) is 0 Å². The molecule has 0 aromatic heterocycles. The molecule has 1 saturated carbocycles. The number of carbonyl (C=O) groups is 1. The lowest BCUT2D eigenvalue weighted by Crippen LogP contribution is -2.27. The van der Waals surface area contributed by atoms with Crippen LogP contribution in [-0.4, -0.2) is 17.5 Å². The monoisotopic (exact) mass is 247 g/mol. The minimum Gasteiger partial charge on any atom is -0.397 e. The maximum atomic E-state index is 11.9. The molecule has 0 spiro atoms. The number of nitrogens with two attached hydrogens (primary N) is 1. The molecular weight excluding hydrogens is 226 g/mol. The molecule has 0 unspecified atom stereocenters. The first-order chi connectivity index (χ1) is 8.35. The molecule has 1 fully saturated rings. The van der Waals surface area contributed by atoms with Crippen molar-refractivity contribution in [2.75, 3.05) is 11.1 Å². The first-order valence-corrected chi connectivity index (χ1v) is 6.34. The summed E-state index contributed by atoms with van der Waals surface area (Å²) in [4.78, 5) is 11.9. The number of hydrogen-bond acceptors (Lipinski definition) is 3. The highest BCUT2D eigenvalue weighted by atomic mass is 16.1. The maximum Gasteiger partial charge on any atom is 0.251 e. The summed E-state index contributed by atoms with van der Waals surface area (Å²) < 4.78 is 0. The lowest BCUT2D eigenvalue weighted by atomic mass is 10.1. The highest BCUT2D eigenvalue weighted by Gasteiger charge is 2.24. The summed E-state index contributed by atoms with van der Waals surface area (Å²) in [5.41, 5.74) is 8.02. The van der Waals surface area contributed by atoms with Gasteiger partial charge in [-0.3, -0.25) is 4.79 Å². The van der Waals surface area contributed by atoms with Gasteiger partial charge in [-0.1, -0.05) is 0 Å². The molecule has 0 atom stereocenters. The second-order valence-corrected chi connectivity index (χ2v) is 5.92. The van der Waals surface area contributed by atoms with Gasteiger partial charge in [0, 0.05) is 17.1 Å². The highest BCUT2D eigenvalue weighted by molar-refractivity contribution is 5.96. The number of anilines is 2. The lowest BCUT2D eigenvalue weighted by Gasteiger charge is -2.23. The van der Waals surface area contributed by atoms with Gasteiger partial charge in [-0.25, -0.2) is 0 Å². The quantitative estimate of drug-likeness (QED) is 0.718. The second-order valence-electron chi connectivity index (χ2n) is 5.92. The Bertz CT molecular complexity index is 459. The average molecular weight is 247 g/mol. The molecule has 2 rings (SSSR count). The summed E-state index contributed by atoms with van der Waals surface area (Å²) in [7, 11) is 0. The molecule has 0 bridgehead atoms. The van der Waals surface area contributed by atoms with Crippen LogP contribution in [0.15, 0.2) is 18.2 Å². The third kappa shape index (κ3) is 3.39. The average Bonchev–Trinajstić information content (AvgIpc) is 3.03. The first-order valence-electron chi connectivity index (χ1n) is 6.34. The van der Waals surface area contributed by atoms with Crippen molar-refractivity contribution in [1.82, 2.24) is 5.32 Å². The van der Waals surface area contributed by atoms with Gasteiger partial charge >= 0.3 is 0 Å². The van der Waals surface area contributed by atoms with Gasteiger partial charge in [0.25, 0.3) is 5.91 Å². The van der Waals surface area contributed by atoms with Crippen molar-refractivity contribution in [2.24, 2.45) is 0 Å². The summed E-state index contributed by atoms with van der Waals surface area (Å²) in [6, 6.07) is 5.77. The third-order valence-corrected chi connectivity index (χ3v) is 2.74. The van der Waals surface area contributed by atoms with Crippen LogP contribution in [0.1, 0.15) is 44.0 Å². The van der Waals surface area contributed by atoms with E-state index in [1.54, 1.807) is 6.07 Å². The van der Waals surface area contributed by atoms with Crippen LogP contribution < -0.4 is 16.4 Å². The summed E-state index contributed by atoms with van der Waals surface area (Å²) in [6.07, 6.45) is 2.18. The van der Waals surface area contributed by atoms with E-state index in [9.17, 15) is 4.79 Å².